The average molecular weight is 373 g/mol. The van der Waals surface area contributed by atoms with Crippen molar-refractivity contribution in [1.29, 1.82) is 0 Å². The molecule has 0 unspecified atom stereocenters. The molecule has 3 rings (SSSR count). The summed E-state index contributed by atoms with van der Waals surface area (Å²) >= 11 is 5.99. The van der Waals surface area contributed by atoms with Gasteiger partial charge in [0.15, 0.2) is 0 Å². The highest BCUT2D eigenvalue weighted by Gasteiger charge is 2.24. The summed E-state index contributed by atoms with van der Waals surface area (Å²) in [6.07, 6.45) is 2.69. The predicted molar refractivity (Wildman–Crippen MR) is 107 cm³/mol. The van der Waals surface area contributed by atoms with Crippen LogP contribution in [0, 0.1) is 0 Å². The predicted octanol–water partition coefficient (Wildman–Crippen LogP) is 3.69. The van der Waals surface area contributed by atoms with Crippen LogP contribution in [0.3, 0.4) is 0 Å². The van der Waals surface area contributed by atoms with Crippen molar-refractivity contribution in [2.45, 2.75) is 19.4 Å². The summed E-state index contributed by atoms with van der Waals surface area (Å²) in [4.78, 5) is 14.4. The molecule has 2 aromatic rings. The van der Waals surface area contributed by atoms with Gasteiger partial charge in [-0.3, -0.25) is 4.90 Å². The maximum absolute atomic E-state index is 5.99. The van der Waals surface area contributed by atoms with Crippen LogP contribution in [0.4, 0.5) is 5.82 Å². The van der Waals surface area contributed by atoms with Crippen molar-refractivity contribution in [2.24, 2.45) is 5.16 Å². The summed E-state index contributed by atoms with van der Waals surface area (Å²) in [6, 6.07) is 14.3. The molecule has 6 heteroatoms. The number of pyridine rings is 1. The third-order valence-electron chi connectivity index (χ3n) is 4.75. The minimum Gasteiger partial charge on any atom is -0.399 e. The largest absolute Gasteiger partial charge is 0.399 e. The second kappa shape index (κ2) is 9.01. The van der Waals surface area contributed by atoms with Gasteiger partial charge in [0.05, 0.1) is 5.71 Å². The van der Waals surface area contributed by atoms with Crippen LogP contribution >= 0.6 is 11.6 Å². The first kappa shape index (κ1) is 18.7. The number of halogens is 1. The highest BCUT2D eigenvalue weighted by Crippen LogP contribution is 2.18. The van der Waals surface area contributed by atoms with Crippen LogP contribution in [0.15, 0.2) is 53.8 Å². The molecule has 1 aliphatic heterocycles. The van der Waals surface area contributed by atoms with Gasteiger partial charge < -0.3 is 9.74 Å². The SMILES string of the molecule is CON=C(CCN1CCN(c2ccccn2)C[C@@H]1C)c1ccc(Cl)cc1. The van der Waals surface area contributed by atoms with E-state index in [-0.39, 0.29) is 0 Å². The van der Waals surface area contributed by atoms with E-state index in [9.17, 15) is 0 Å². The van der Waals surface area contributed by atoms with Crippen molar-refractivity contribution in [3.8, 4) is 0 Å². The highest BCUT2D eigenvalue weighted by atomic mass is 35.5. The Morgan fingerprint density at radius 3 is 2.69 bits per heavy atom. The van der Waals surface area contributed by atoms with Crippen LogP contribution in [0.2, 0.25) is 5.02 Å². The lowest BCUT2D eigenvalue weighted by atomic mass is 10.1. The molecule has 26 heavy (non-hydrogen) atoms. The molecule has 0 spiro atoms. The second-order valence-corrected chi connectivity index (χ2v) is 6.93. The minimum atomic E-state index is 0.458. The van der Waals surface area contributed by atoms with E-state index in [1.165, 1.54) is 0 Å². The van der Waals surface area contributed by atoms with E-state index >= 15 is 0 Å². The van der Waals surface area contributed by atoms with Crippen molar-refractivity contribution in [3.63, 3.8) is 0 Å². The van der Waals surface area contributed by atoms with Gasteiger partial charge in [0, 0.05) is 49.9 Å². The molecule has 0 amide bonds. The standard InChI is InChI=1S/C20H25ClN4O/c1-16-15-25(20-5-3-4-11-22-20)14-13-24(16)12-10-19(23-26-2)17-6-8-18(21)9-7-17/h3-9,11,16H,10,12-15H2,1-2H3/t16-/m0/s1. The Hall–Kier alpha value is -2.11. The molecule has 5 nitrogen and oxygen atoms in total. The van der Waals surface area contributed by atoms with E-state index < -0.39 is 0 Å². The zero-order valence-electron chi connectivity index (χ0n) is 15.3. The molecule has 1 fully saturated rings. The van der Waals surface area contributed by atoms with E-state index in [0.29, 0.717) is 6.04 Å². The Bertz CT molecular complexity index is 720. The molecule has 0 saturated carbocycles. The topological polar surface area (TPSA) is 41.0 Å². The van der Waals surface area contributed by atoms with Crippen LogP contribution in [0.25, 0.3) is 0 Å². The normalized spacial score (nSPS) is 18.8. The van der Waals surface area contributed by atoms with Gasteiger partial charge in [0.1, 0.15) is 12.9 Å². The summed E-state index contributed by atoms with van der Waals surface area (Å²) in [5, 5.41) is 4.95. The Morgan fingerprint density at radius 1 is 1.23 bits per heavy atom. The number of nitrogens with zero attached hydrogens (tertiary/aromatic N) is 4. The Kier molecular flexibility index (Phi) is 6.47. The minimum absolute atomic E-state index is 0.458. The number of piperazine rings is 1. The third kappa shape index (κ3) is 4.74. The molecule has 2 heterocycles. The van der Waals surface area contributed by atoms with Crippen molar-refractivity contribution in [2.75, 3.05) is 38.2 Å². The van der Waals surface area contributed by atoms with Gasteiger partial charge in [-0.2, -0.15) is 0 Å². The fraction of sp³-hybridized carbons (Fsp3) is 0.400. The summed E-state index contributed by atoms with van der Waals surface area (Å²) in [7, 11) is 1.59. The monoisotopic (exact) mass is 372 g/mol. The third-order valence-corrected chi connectivity index (χ3v) is 5.01. The van der Waals surface area contributed by atoms with Gasteiger partial charge in [-0.05, 0) is 36.8 Å². The van der Waals surface area contributed by atoms with E-state index in [4.69, 9.17) is 16.4 Å². The molecule has 1 saturated heterocycles. The van der Waals surface area contributed by atoms with E-state index in [2.05, 4.69) is 32.9 Å². The van der Waals surface area contributed by atoms with Gasteiger partial charge >= 0.3 is 0 Å². The molecular formula is C20H25ClN4O. The van der Waals surface area contributed by atoms with Gasteiger partial charge in [0.25, 0.3) is 0 Å². The zero-order chi connectivity index (χ0) is 18.4. The van der Waals surface area contributed by atoms with E-state index in [1.807, 2.05) is 42.6 Å². The molecule has 0 bridgehead atoms. The highest BCUT2D eigenvalue weighted by molar-refractivity contribution is 6.30. The van der Waals surface area contributed by atoms with Crippen molar-refractivity contribution in [1.82, 2.24) is 9.88 Å². The lowest BCUT2D eigenvalue weighted by molar-refractivity contribution is 0.190. The van der Waals surface area contributed by atoms with Crippen molar-refractivity contribution >= 4 is 23.1 Å². The zero-order valence-corrected chi connectivity index (χ0v) is 16.1. The maximum atomic E-state index is 5.99. The first-order valence-electron chi connectivity index (χ1n) is 8.93. The van der Waals surface area contributed by atoms with Crippen molar-refractivity contribution < 1.29 is 4.84 Å². The van der Waals surface area contributed by atoms with Crippen LogP contribution < -0.4 is 4.90 Å². The summed E-state index contributed by atoms with van der Waals surface area (Å²) in [5.41, 5.74) is 2.00. The number of anilines is 1. The number of aromatic nitrogens is 1. The fourth-order valence-corrected chi connectivity index (χ4v) is 3.45. The smallest absolute Gasteiger partial charge is 0.128 e. The average Bonchev–Trinajstić information content (AvgIpc) is 2.67. The summed E-state index contributed by atoms with van der Waals surface area (Å²) in [6.45, 7) is 6.19. The molecule has 0 aliphatic carbocycles. The Balaban J connectivity index is 1.58. The molecule has 138 valence electrons. The lowest BCUT2D eigenvalue weighted by Crippen LogP contribution is -2.52. The number of oxime groups is 1. The molecule has 1 aromatic carbocycles. The van der Waals surface area contributed by atoms with Crippen LogP contribution in [-0.2, 0) is 4.84 Å². The molecule has 1 atom stereocenters. The van der Waals surface area contributed by atoms with Gasteiger partial charge in [-0.1, -0.05) is 35.0 Å². The van der Waals surface area contributed by atoms with Gasteiger partial charge in [-0.25, -0.2) is 4.98 Å². The van der Waals surface area contributed by atoms with Gasteiger partial charge in [0.2, 0.25) is 0 Å². The number of benzene rings is 1. The maximum Gasteiger partial charge on any atom is 0.128 e. The van der Waals surface area contributed by atoms with E-state index in [0.717, 1.165) is 54.7 Å². The van der Waals surface area contributed by atoms with Gasteiger partial charge in [-0.15, -0.1) is 0 Å². The van der Waals surface area contributed by atoms with Crippen LogP contribution in [0.1, 0.15) is 18.9 Å². The van der Waals surface area contributed by atoms with Crippen molar-refractivity contribution in [3.05, 3.63) is 59.2 Å². The number of hydrogen-bond acceptors (Lipinski definition) is 5. The molecule has 1 aromatic heterocycles. The fourth-order valence-electron chi connectivity index (χ4n) is 3.32. The first-order valence-corrected chi connectivity index (χ1v) is 9.31. The number of hydrogen-bond donors (Lipinski definition) is 0. The number of rotatable bonds is 6. The van der Waals surface area contributed by atoms with Crippen LogP contribution in [0.5, 0.6) is 0 Å². The Morgan fingerprint density at radius 2 is 2.04 bits per heavy atom. The first-order chi connectivity index (χ1) is 12.7. The molecular weight excluding hydrogens is 348 g/mol. The lowest BCUT2D eigenvalue weighted by Gasteiger charge is -2.40. The van der Waals surface area contributed by atoms with Crippen LogP contribution in [-0.4, -0.2) is 54.9 Å². The second-order valence-electron chi connectivity index (χ2n) is 6.50. The molecule has 0 N–H and O–H groups in total. The Labute approximate surface area is 160 Å². The quantitative estimate of drug-likeness (QED) is 0.573. The molecule has 1 aliphatic rings. The summed E-state index contributed by atoms with van der Waals surface area (Å²) in [5.74, 6) is 1.06. The molecule has 0 radical (unpaired) electrons. The summed E-state index contributed by atoms with van der Waals surface area (Å²) < 4.78 is 0. The van der Waals surface area contributed by atoms with E-state index in [1.54, 1.807) is 7.11 Å².